The van der Waals surface area contributed by atoms with Crippen LogP contribution >= 0.6 is 11.3 Å². The van der Waals surface area contributed by atoms with Crippen LogP contribution in [0.15, 0.2) is 18.2 Å². The number of aldehydes is 1. The molecule has 100 valence electrons. The van der Waals surface area contributed by atoms with E-state index in [2.05, 4.69) is 4.98 Å². The monoisotopic (exact) mass is 277 g/mol. The first-order valence-corrected chi connectivity index (χ1v) is 6.64. The topological polar surface area (TPSA) is 48.4 Å². The van der Waals surface area contributed by atoms with Crippen molar-refractivity contribution in [1.29, 1.82) is 0 Å². The molecule has 0 radical (unpaired) electrons. The number of carbonyl (C=O) groups is 1. The van der Waals surface area contributed by atoms with E-state index in [-0.39, 0.29) is 0 Å². The largest absolute Gasteiger partial charge is 0.497 e. The second kappa shape index (κ2) is 5.84. The van der Waals surface area contributed by atoms with E-state index in [1.807, 2.05) is 13.8 Å². The van der Waals surface area contributed by atoms with Gasteiger partial charge in [0, 0.05) is 10.9 Å². The molecule has 1 aromatic heterocycles. The van der Waals surface area contributed by atoms with E-state index in [1.165, 1.54) is 4.88 Å². The van der Waals surface area contributed by atoms with Crippen LogP contribution in [0.5, 0.6) is 11.5 Å². The summed E-state index contributed by atoms with van der Waals surface area (Å²) in [5.41, 5.74) is 1.52. The summed E-state index contributed by atoms with van der Waals surface area (Å²) in [6.45, 7) is 4.35. The number of benzene rings is 1. The molecule has 0 amide bonds. The van der Waals surface area contributed by atoms with Crippen LogP contribution in [0.25, 0.3) is 0 Å². The summed E-state index contributed by atoms with van der Waals surface area (Å²) in [4.78, 5) is 16.5. The van der Waals surface area contributed by atoms with E-state index in [1.54, 1.807) is 36.6 Å². The van der Waals surface area contributed by atoms with Crippen LogP contribution in [0.4, 0.5) is 0 Å². The van der Waals surface area contributed by atoms with E-state index in [0.717, 1.165) is 17.0 Å². The lowest BCUT2D eigenvalue weighted by molar-refractivity contribution is 0.111. The lowest BCUT2D eigenvalue weighted by Crippen LogP contribution is -1.98. The Labute approximate surface area is 116 Å². The van der Waals surface area contributed by atoms with Crippen LogP contribution in [-0.2, 0) is 6.61 Å². The summed E-state index contributed by atoms with van der Waals surface area (Å²) in [6.07, 6.45) is 0.771. The molecule has 2 rings (SSSR count). The quantitative estimate of drug-likeness (QED) is 0.788. The second-order valence-corrected chi connectivity index (χ2v) is 5.35. The van der Waals surface area contributed by atoms with Crippen molar-refractivity contribution >= 4 is 17.6 Å². The van der Waals surface area contributed by atoms with Gasteiger partial charge in [-0.3, -0.25) is 4.79 Å². The van der Waals surface area contributed by atoms with Gasteiger partial charge in [-0.15, -0.1) is 11.3 Å². The fourth-order valence-electron chi connectivity index (χ4n) is 1.60. The molecule has 0 aliphatic heterocycles. The van der Waals surface area contributed by atoms with E-state index >= 15 is 0 Å². The molecule has 0 spiro atoms. The van der Waals surface area contributed by atoms with Crippen LogP contribution in [0.1, 0.15) is 25.9 Å². The maximum atomic E-state index is 11.0. The van der Waals surface area contributed by atoms with Crippen molar-refractivity contribution in [2.24, 2.45) is 0 Å². The van der Waals surface area contributed by atoms with Gasteiger partial charge in [-0.05, 0) is 26.0 Å². The maximum Gasteiger partial charge on any atom is 0.153 e. The number of hydrogen-bond donors (Lipinski definition) is 0. The number of aryl methyl sites for hydroxylation is 2. The standard InChI is InChI=1S/C14H15NO3S/c1-9-10(2)19-14(15-9)8-18-13-6-12(17-3)5-4-11(13)7-16/h4-7H,8H2,1-3H3. The van der Waals surface area contributed by atoms with Crippen molar-refractivity contribution in [1.82, 2.24) is 4.98 Å². The van der Waals surface area contributed by atoms with Crippen molar-refractivity contribution in [3.8, 4) is 11.5 Å². The first-order valence-electron chi connectivity index (χ1n) is 5.83. The highest BCUT2D eigenvalue weighted by Crippen LogP contribution is 2.25. The number of hydrogen-bond acceptors (Lipinski definition) is 5. The van der Waals surface area contributed by atoms with Gasteiger partial charge in [0.2, 0.25) is 0 Å². The Morgan fingerprint density at radius 2 is 2.16 bits per heavy atom. The fourth-order valence-corrected chi connectivity index (χ4v) is 2.45. The number of aromatic nitrogens is 1. The minimum absolute atomic E-state index is 0.355. The minimum Gasteiger partial charge on any atom is -0.497 e. The van der Waals surface area contributed by atoms with Gasteiger partial charge in [-0.2, -0.15) is 0 Å². The molecular formula is C14H15NO3S. The Morgan fingerprint density at radius 3 is 2.74 bits per heavy atom. The van der Waals surface area contributed by atoms with Gasteiger partial charge in [-0.25, -0.2) is 4.98 Å². The van der Waals surface area contributed by atoms with Gasteiger partial charge in [0.1, 0.15) is 23.1 Å². The summed E-state index contributed by atoms with van der Waals surface area (Å²) in [7, 11) is 1.58. The fraction of sp³-hybridized carbons (Fsp3) is 0.286. The van der Waals surface area contributed by atoms with Gasteiger partial charge in [0.15, 0.2) is 6.29 Å². The van der Waals surface area contributed by atoms with Gasteiger partial charge >= 0.3 is 0 Å². The zero-order valence-corrected chi connectivity index (χ0v) is 11.9. The van der Waals surface area contributed by atoms with Gasteiger partial charge in [-0.1, -0.05) is 0 Å². The molecule has 0 unspecified atom stereocenters. The molecule has 0 saturated heterocycles. The highest BCUT2D eigenvalue weighted by atomic mass is 32.1. The molecule has 0 aliphatic carbocycles. The average Bonchev–Trinajstić information content (AvgIpc) is 2.75. The maximum absolute atomic E-state index is 11.0. The third-order valence-electron chi connectivity index (χ3n) is 2.77. The molecule has 0 bridgehead atoms. The van der Waals surface area contributed by atoms with E-state index in [0.29, 0.717) is 23.7 Å². The normalized spacial score (nSPS) is 10.3. The van der Waals surface area contributed by atoms with Crippen molar-refractivity contribution in [2.75, 3.05) is 7.11 Å². The second-order valence-electron chi connectivity index (χ2n) is 4.06. The molecule has 0 N–H and O–H groups in total. The SMILES string of the molecule is COc1ccc(C=O)c(OCc2nc(C)c(C)s2)c1. The molecular weight excluding hydrogens is 262 g/mol. The number of ether oxygens (including phenoxy) is 2. The van der Waals surface area contributed by atoms with Crippen LogP contribution in [0.2, 0.25) is 0 Å². The van der Waals surface area contributed by atoms with E-state index in [4.69, 9.17) is 9.47 Å². The van der Waals surface area contributed by atoms with Gasteiger partial charge in [0.25, 0.3) is 0 Å². The Balaban J connectivity index is 2.15. The number of rotatable bonds is 5. The van der Waals surface area contributed by atoms with Gasteiger partial charge < -0.3 is 9.47 Å². The molecule has 0 saturated carbocycles. The molecule has 19 heavy (non-hydrogen) atoms. The first-order chi connectivity index (χ1) is 9.13. The lowest BCUT2D eigenvalue weighted by atomic mass is 10.2. The zero-order chi connectivity index (χ0) is 13.8. The van der Waals surface area contributed by atoms with Crippen molar-refractivity contribution in [3.05, 3.63) is 39.3 Å². The highest BCUT2D eigenvalue weighted by Gasteiger charge is 2.08. The van der Waals surface area contributed by atoms with Crippen molar-refractivity contribution in [2.45, 2.75) is 20.5 Å². The zero-order valence-electron chi connectivity index (χ0n) is 11.1. The number of nitrogens with zero attached hydrogens (tertiary/aromatic N) is 1. The van der Waals surface area contributed by atoms with Crippen LogP contribution in [0, 0.1) is 13.8 Å². The predicted molar refractivity (Wildman–Crippen MR) is 74.3 cm³/mol. The third kappa shape index (κ3) is 3.12. The lowest BCUT2D eigenvalue weighted by Gasteiger charge is -2.08. The number of methoxy groups -OCH3 is 1. The third-order valence-corrected chi connectivity index (χ3v) is 3.82. The van der Waals surface area contributed by atoms with Crippen molar-refractivity contribution in [3.63, 3.8) is 0 Å². The summed E-state index contributed by atoms with van der Waals surface area (Å²) in [5.74, 6) is 1.17. The molecule has 4 nitrogen and oxygen atoms in total. The predicted octanol–water partition coefficient (Wildman–Crippen LogP) is 3.16. The summed E-state index contributed by atoms with van der Waals surface area (Å²) in [5, 5.41) is 0.898. The highest BCUT2D eigenvalue weighted by molar-refractivity contribution is 7.11. The summed E-state index contributed by atoms with van der Waals surface area (Å²) >= 11 is 1.60. The van der Waals surface area contributed by atoms with Crippen LogP contribution in [-0.4, -0.2) is 18.4 Å². The number of carbonyl (C=O) groups excluding carboxylic acids is 1. The molecule has 0 fully saturated rings. The Bertz CT molecular complexity index is 573. The van der Waals surface area contributed by atoms with Crippen LogP contribution in [0.3, 0.4) is 0 Å². The Morgan fingerprint density at radius 1 is 1.37 bits per heavy atom. The average molecular weight is 277 g/mol. The van der Waals surface area contributed by atoms with Gasteiger partial charge in [0.05, 0.1) is 18.4 Å². The Kier molecular flexibility index (Phi) is 4.16. The van der Waals surface area contributed by atoms with E-state index < -0.39 is 0 Å². The van der Waals surface area contributed by atoms with Crippen molar-refractivity contribution < 1.29 is 14.3 Å². The van der Waals surface area contributed by atoms with Crippen LogP contribution < -0.4 is 9.47 Å². The molecule has 0 aliphatic rings. The molecule has 0 atom stereocenters. The minimum atomic E-state index is 0.355. The van der Waals surface area contributed by atoms with E-state index in [9.17, 15) is 4.79 Å². The molecule has 5 heteroatoms. The first kappa shape index (κ1) is 13.5. The molecule has 2 aromatic rings. The number of thiazole rings is 1. The smallest absolute Gasteiger partial charge is 0.153 e. The molecule has 1 heterocycles. The summed E-state index contributed by atoms with van der Waals surface area (Å²) in [6, 6.07) is 5.12. The Hall–Kier alpha value is -1.88. The molecule has 1 aromatic carbocycles. The summed E-state index contributed by atoms with van der Waals surface area (Å²) < 4.78 is 10.8.